The molecule has 0 bridgehead atoms. The van der Waals surface area contributed by atoms with Gasteiger partial charge in [-0.3, -0.25) is 4.90 Å². The molecule has 1 rings (SSSR count). The highest BCUT2D eigenvalue weighted by atomic mass is 15.1. The van der Waals surface area contributed by atoms with Gasteiger partial charge in [0.2, 0.25) is 0 Å². The van der Waals surface area contributed by atoms with Crippen LogP contribution in [0, 0.1) is 18.3 Å². The maximum absolute atomic E-state index is 5.20. The minimum Gasteiger partial charge on any atom is -0.292 e. The standard InChI is InChI=1S/C9H15N/c1-3-6-10-7-5-9(4-2)8-10/h1,9H,4-8H2,2H3. The number of hydrogen-bond acceptors (Lipinski definition) is 1. The number of hydrogen-bond donors (Lipinski definition) is 0. The summed E-state index contributed by atoms with van der Waals surface area (Å²) in [5.74, 6) is 3.59. The van der Waals surface area contributed by atoms with E-state index in [1.165, 1.54) is 25.9 Å². The predicted molar refractivity (Wildman–Crippen MR) is 43.7 cm³/mol. The molecule has 0 aliphatic carbocycles. The first-order valence-electron chi connectivity index (χ1n) is 4.02. The van der Waals surface area contributed by atoms with Gasteiger partial charge in [-0.1, -0.05) is 19.3 Å². The third kappa shape index (κ3) is 1.75. The summed E-state index contributed by atoms with van der Waals surface area (Å²) in [6.07, 6.45) is 7.86. The van der Waals surface area contributed by atoms with Crippen LogP contribution < -0.4 is 0 Å². The lowest BCUT2D eigenvalue weighted by atomic mass is 10.1. The molecule has 0 aromatic heterocycles. The van der Waals surface area contributed by atoms with Crippen molar-refractivity contribution in [3.63, 3.8) is 0 Å². The highest BCUT2D eigenvalue weighted by Gasteiger charge is 2.19. The van der Waals surface area contributed by atoms with E-state index in [0.29, 0.717) is 0 Å². The molecule has 0 aromatic rings. The van der Waals surface area contributed by atoms with E-state index in [-0.39, 0.29) is 0 Å². The van der Waals surface area contributed by atoms with Crippen LogP contribution >= 0.6 is 0 Å². The molecule has 0 spiro atoms. The zero-order valence-electron chi connectivity index (χ0n) is 6.64. The van der Waals surface area contributed by atoms with Crippen molar-refractivity contribution in [2.45, 2.75) is 19.8 Å². The molecule has 1 nitrogen and oxygen atoms in total. The molecule has 1 saturated heterocycles. The molecular formula is C9H15N. The lowest BCUT2D eigenvalue weighted by Gasteiger charge is -2.10. The molecule has 1 unspecified atom stereocenters. The highest BCUT2D eigenvalue weighted by molar-refractivity contribution is 4.90. The fraction of sp³-hybridized carbons (Fsp3) is 0.778. The van der Waals surface area contributed by atoms with Gasteiger partial charge in [-0.05, 0) is 18.9 Å². The van der Waals surface area contributed by atoms with Gasteiger partial charge >= 0.3 is 0 Å². The largest absolute Gasteiger partial charge is 0.292 e. The van der Waals surface area contributed by atoms with Gasteiger partial charge in [0.25, 0.3) is 0 Å². The van der Waals surface area contributed by atoms with E-state index >= 15 is 0 Å². The van der Waals surface area contributed by atoms with E-state index in [0.717, 1.165) is 12.5 Å². The van der Waals surface area contributed by atoms with Gasteiger partial charge in [0, 0.05) is 6.54 Å². The molecular weight excluding hydrogens is 122 g/mol. The summed E-state index contributed by atoms with van der Waals surface area (Å²) in [7, 11) is 0. The van der Waals surface area contributed by atoms with Crippen LogP contribution in [0.1, 0.15) is 19.8 Å². The zero-order valence-corrected chi connectivity index (χ0v) is 6.64. The van der Waals surface area contributed by atoms with Crippen LogP contribution in [0.4, 0.5) is 0 Å². The average Bonchev–Trinajstić information content (AvgIpc) is 2.37. The molecule has 10 heavy (non-hydrogen) atoms. The third-order valence-electron chi connectivity index (χ3n) is 2.26. The Morgan fingerprint density at radius 1 is 1.70 bits per heavy atom. The molecule has 0 aromatic carbocycles. The van der Waals surface area contributed by atoms with Crippen LogP contribution in [0.5, 0.6) is 0 Å². The van der Waals surface area contributed by atoms with Gasteiger partial charge in [-0.2, -0.15) is 0 Å². The fourth-order valence-electron chi connectivity index (χ4n) is 1.52. The van der Waals surface area contributed by atoms with Crippen molar-refractivity contribution in [3.05, 3.63) is 0 Å². The summed E-state index contributed by atoms with van der Waals surface area (Å²) >= 11 is 0. The van der Waals surface area contributed by atoms with Gasteiger partial charge < -0.3 is 0 Å². The normalized spacial score (nSPS) is 26.6. The molecule has 1 aliphatic heterocycles. The van der Waals surface area contributed by atoms with Crippen LogP contribution in [-0.4, -0.2) is 24.5 Å². The topological polar surface area (TPSA) is 3.24 Å². The quantitative estimate of drug-likeness (QED) is 0.519. The summed E-state index contributed by atoms with van der Waals surface area (Å²) < 4.78 is 0. The molecule has 0 saturated carbocycles. The van der Waals surface area contributed by atoms with Gasteiger partial charge in [0.15, 0.2) is 0 Å². The average molecular weight is 137 g/mol. The molecule has 1 aliphatic rings. The Bertz CT molecular complexity index is 134. The molecule has 56 valence electrons. The van der Waals surface area contributed by atoms with Crippen LogP contribution in [0.25, 0.3) is 0 Å². The van der Waals surface area contributed by atoms with E-state index < -0.39 is 0 Å². The first-order valence-corrected chi connectivity index (χ1v) is 4.02. The van der Waals surface area contributed by atoms with Crippen LogP contribution in [0.2, 0.25) is 0 Å². The maximum atomic E-state index is 5.20. The second kappa shape index (κ2) is 3.63. The summed E-state index contributed by atoms with van der Waals surface area (Å²) in [5, 5.41) is 0. The van der Waals surface area contributed by atoms with E-state index in [9.17, 15) is 0 Å². The van der Waals surface area contributed by atoms with Crippen LogP contribution in [-0.2, 0) is 0 Å². The van der Waals surface area contributed by atoms with E-state index in [2.05, 4.69) is 17.7 Å². The Balaban J connectivity index is 2.23. The third-order valence-corrected chi connectivity index (χ3v) is 2.26. The van der Waals surface area contributed by atoms with E-state index in [4.69, 9.17) is 6.42 Å². The van der Waals surface area contributed by atoms with Gasteiger partial charge in [-0.15, -0.1) is 6.42 Å². The second-order valence-electron chi connectivity index (χ2n) is 3.00. The number of terminal acetylenes is 1. The minimum absolute atomic E-state index is 0.844. The maximum Gasteiger partial charge on any atom is 0.0599 e. The monoisotopic (exact) mass is 137 g/mol. The number of likely N-dealkylation sites (tertiary alicyclic amines) is 1. The van der Waals surface area contributed by atoms with Crippen molar-refractivity contribution in [1.82, 2.24) is 4.90 Å². The lowest BCUT2D eigenvalue weighted by Crippen LogP contribution is -2.20. The Kier molecular flexibility index (Phi) is 2.77. The zero-order chi connectivity index (χ0) is 7.40. The van der Waals surface area contributed by atoms with E-state index in [1.54, 1.807) is 0 Å². The minimum atomic E-state index is 0.844. The summed E-state index contributed by atoms with van der Waals surface area (Å²) in [5.41, 5.74) is 0. The molecule has 1 atom stereocenters. The van der Waals surface area contributed by atoms with Crippen molar-refractivity contribution < 1.29 is 0 Å². The van der Waals surface area contributed by atoms with Crippen molar-refractivity contribution in [2.24, 2.45) is 5.92 Å². The molecule has 0 amide bonds. The van der Waals surface area contributed by atoms with Crippen molar-refractivity contribution >= 4 is 0 Å². The molecule has 0 radical (unpaired) electrons. The van der Waals surface area contributed by atoms with Crippen LogP contribution in [0.15, 0.2) is 0 Å². The van der Waals surface area contributed by atoms with Gasteiger partial charge in [0.1, 0.15) is 0 Å². The van der Waals surface area contributed by atoms with Gasteiger partial charge in [-0.25, -0.2) is 0 Å². The molecule has 1 heteroatoms. The van der Waals surface area contributed by atoms with Crippen molar-refractivity contribution in [1.29, 1.82) is 0 Å². The molecule has 1 heterocycles. The second-order valence-corrected chi connectivity index (χ2v) is 3.00. The Hall–Kier alpha value is -0.480. The SMILES string of the molecule is C#CCN1CCC(CC)C1. The van der Waals surface area contributed by atoms with Crippen molar-refractivity contribution in [2.75, 3.05) is 19.6 Å². The molecule has 1 fully saturated rings. The number of rotatable bonds is 2. The Labute approximate surface area is 63.4 Å². The summed E-state index contributed by atoms with van der Waals surface area (Å²) in [6.45, 7) is 5.53. The number of nitrogens with zero attached hydrogens (tertiary/aromatic N) is 1. The predicted octanol–water partition coefficient (Wildman–Crippen LogP) is 1.35. The Morgan fingerprint density at radius 3 is 3.00 bits per heavy atom. The highest BCUT2D eigenvalue weighted by Crippen LogP contribution is 2.17. The van der Waals surface area contributed by atoms with Crippen molar-refractivity contribution in [3.8, 4) is 12.3 Å². The van der Waals surface area contributed by atoms with E-state index in [1.807, 2.05) is 0 Å². The first-order chi connectivity index (χ1) is 4.86. The summed E-state index contributed by atoms with van der Waals surface area (Å²) in [6, 6.07) is 0. The Morgan fingerprint density at radius 2 is 2.50 bits per heavy atom. The fourth-order valence-corrected chi connectivity index (χ4v) is 1.52. The molecule has 0 N–H and O–H groups in total. The lowest BCUT2D eigenvalue weighted by molar-refractivity contribution is 0.362. The van der Waals surface area contributed by atoms with Crippen LogP contribution in [0.3, 0.4) is 0 Å². The van der Waals surface area contributed by atoms with Gasteiger partial charge in [0.05, 0.1) is 6.54 Å². The summed E-state index contributed by atoms with van der Waals surface area (Å²) in [4.78, 5) is 2.36. The smallest absolute Gasteiger partial charge is 0.0599 e. The first kappa shape index (κ1) is 7.63.